The summed E-state index contributed by atoms with van der Waals surface area (Å²) in [6.07, 6.45) is 5.01. The second-order valence-corrected chi connectivity index (χ2v) is 5.79. The highest BCUT2D eigenvalue weighted by molar-refractivity contribution is 6.01. The summed E-state index contributed by atoms with van der Waals surface area (Å²) < 4.78 is 1.78. The van der Waals surface area contributed by atoms with Crippen LogP contribution in [-0.4, -0.2) is 15.7 Å². The highest BCUT2D eigenvalue weighted by atomic mass is 16.1. The van der Waals surface area contributed by atoms with Crippen LogP contribution in [0, 0.1) is 11.3 Å². The highest BCUT2D eigenvalue weighted by Crippen LogP contribution is 2.09. The molecule has 0 radical (unpaired) electrons. The van der Waals surface area contributed by atoms with Crippen LogP contribution in [0.3, 0.4) is 0 Å². The fourth-order valence-corrected chi connectivity index (χ4v) is 2.50. The van der Waals surface area contributed by atoms with E-state index in [2.05, 4.69) is 10.4 Å². The molecular weight excluding hydrogens is 324 g/mol. The maximum atomic E-state index is 12.2. The molecular formula is C21H18N4O. The van der Waals surface area contributed by atoms with Crippen LogP contribution in [0.5, 0.6) is 0 Å². The number of hydrogen-bond donors (Lipinski definition) is 1. The fraction of sp³-hybridized carbons (Fsp3) is 0.0952. The smallest absolute Gasteiger partial charge is 0.262 e. The Morgan fingerprint density at radius 2 is 1.73 bits per heavy atom. The summed E-state index contributed by atoms with van der Waals surface area (Å²) in [4.78, 5) is 12.2. The molecule has 3 aromatic rings. The molecule has 0 saturated heterocycles. The Balaban J connectivity index is 1.65. The molecule has 5 heteroatoms. The second-order valence-electron chi connectivity index (χ2n) is 5.79. The Morgan fingerprint density at radius 1 is 1.08 bits per heavy atom. The molecule has 128 valence electrons. The number of hydrogen-bond acceptors (Lipinski definition) is 3. The van der Waals surface area contributed by atoms with Gasteiger partial charge >= 0.3 is 0 Å². The Bertz CT molecular complexity index is 937. The van der Waals surface area contributed by atoms with E-state index in [4.69, 9.17) is 0 Å². The molecule has 1 N–H and O–H groups in total. The Morgan fingerprint density at radius 3 is 2.38 bits per heavy atom. The van der Waals surface area contributed by atoms with E-state index in [-0.39, 0.29) is 5.57 Å². The monoisotopic (exact) mass is 342 g/mol. The van der Waals surface area contributed by atoms with Crippen molar-refractivity contribution in [3.8, 4) is 6.07 Å². The van der Waals surface area contributed by atoms with Crippen molar-refractivity contribution in [3.63, 3.8) is 0 Å². The lowest BCUT2D eigenvalue weighted by atomic mass is 10.2. The zero-order valence-electron chi connectivity index (χ0n) is 14.2. The summed E-state index contributed by atoms with van der Waals surface area (Å²) in [6.45, 7) is 1.02. The van der Waals surface area contributed by atoms with Gasteiger partial charge in [0.2, 0.25) is 0 Å². The topological polar surface area (TPSA) is 70.7 Å². The molecule has 0 bridgehead atoms. The summed E-state index contributed by atoms with van der Waals surface area (Å²) in [5.74, 6) is -0.396. The average Bonchev–Trinajstić information content (AvgIpc) is 3.12. The van der Waals surface area contributed by atoms with Gasteiger partial charge in [0, 0.05) is 18.3 Å². The van der Waals surface area contributed by atoms with Crippen molar-refractivity contribution in [3.05, 3.63) is 95.3 Å². The molecule has 0 atom stereocenters. The van der Waals surface area contributed by atoms with E-state index in [0.29, 0.717) is 18.7 Å². The van der Waals surface area contributed by atoms with Crippen LogP contribution in [-0.2, 0) is 17.9 Å². The number of aromatic nitrogens is 2. The van der Waals surface area contributed by atoms with Crippen LogP contribution in [0.1, 0.15) is 16.7 Å². The molecule has 0 aliphatic carbocycles. The lowest BCUT2D eigenvalue weighted by Gasteiger charge is -2.04. The van der Waals surface area contributed by atoms with Crippen LogP contribution >= 0.6 is 0 Å². The normalized spacial score (nSPS) is 11.0. The maximum absolute atomic E-state index is 12.2. The lowest BCUT2D eigenvalue weighted by molar-refractivity contribution is -0.117. The summed E-state index contributed by atoms with van der Waals surface area (Å²) in [5, 5.41) is 16.3. The molecule has 1 aromatic heterocycles. The van der Waals surface area contributed by atoms with E-state index in [9.17, 15) is 10.1 Å². The summed E-state index contributed by atoms with van der Waals surface area (Å²) in [6, 6.07) is 21.5. The average molecular weight is 342 g/mol. The van der Waals surface area contributed by atoms with Crippen LogP contribution in [0.2, 0.25) is 0 Å². The first kappa shape index (κ1) is 17.2. The SMILES string of the molecule is N#C/C(=C\c1cnn(Cc2ccccc2)c1)C(=O)NCc1ccccc1. The molecule has 1 amide bonds. The highest BCUT2D eigenvalue weighted by Gasteiger charge is 2.09. The molecule has 0 fully saturated rings. The fourth-order valence-electron chi connectivity index (χ4n) is 2.50. The number of nitrogens with one attached hydrogen (secondary N) is 1. The molecule has 0 spiro atoms. The number of nitriles is 1. The van der Waals surface area contributed by atoms with E-state index in [1.165, 1.54) is 0 Å². The van der Waals surface area contributed by atoms with Crippen molar-refractivity contribution >= 4 is 12.0 Å². The van der Waals surface area contributed by atoms with Crippen LogP contribution in [0.25, 0.3) is 6.08 Å². The molecule has 5 nitrogen and oxygen atoms in total. The first-order valence-electron chi connectivity index (χ1n) is 8.25. The number of benzene rings is 2. The van der Waals surface area contributed by atoms with Crippen molar-refractivity contribution in [1.82, 2.24) is 15.1 Å². The van der Waals surface area contributed by atoms with E-state index in [1.54, 1.807) is 17.0 Å². The van der Waals surface area contributed by atoms with Gasteiger partial charge < -0.3 is 5.32 Å². The maximum Gasteiger partial charge on any atom is 0.262 e. The van der Waals surface area contributed by atoms with Crippen molar-refractivity contribution in [2.45, 2.75) is 13.1 Å². The minimum atomic E-state index is -0.396. The summed E-state index contributed by atoms with van der Waals surface area (Å²) in [5.41, 5.74) is 2.88. The van der Waals surface area contributed by atoms with Gasteiger partial charge in [-0.2, -0.15) is 10.4 Å². The van der Waals surface area contributed by atoms with Crippen LogP contribution in [0.4, 0.5) is 0 Å². The number of carbonyl (C=O) groups excluding carboxylic acids is 1. The molecule has 0 saturated carbocycles. The van der Waals surface area contributed by atoms with Crippen molar-refractivity contribution in [2.75, 3.05) is 0 Å². The predicted molar refractivity (Wildman–Crippen MR) is 99.6 cm³/mol. The minimum absolute atomic E-state index is 0.0557. The van der Waals surface area contributed by atoms with Gasteiger partial charge in [0.1, 0.15) is 11.6 Å². The first-order valence-corrected chi connectivity index (χ1v) is 8.25. The third kappa shape index (κ3) is 4.68. The molecule has 0 unspecified atom stereocenters. The van der Waals surface area contributed by atoms with E-state index in [0.717, 1.165) is 11.1 Å². The molecule has 1 heterocycles. The standard InChI is InChI=1S/C21H18N4O/c22-12-20(21(26)23-13-17-7-3-1-4-8-17)11-19-14-24-25(16-19)15-18-9-5-2-6-10-18/h1-11,14,16H,13,15H2,(H,23,26)/b20-11+. The van der Waals surface area contributed by atoms with Gasteiger partial charge in [0.25, 0.3) is 5.91 Å². The second kappa shape index (κ2) is 8.45. The summed E-state index contributed by atoms with van der Waals surface area (Å²) in [7, 11) is 0. The van der Waals surface area contributed by atoms with Crippen molar-refractivity contribution in [2.24, 2.45) is 0 Å². The third-order valence-electron chi connectivity index (χ3n) is 3.81. The van der Waals surface area contributed by atoms with Gasteiger partial charge in [-0.1, -0.05) is 60.7 Å². The van der Waals surface area contributed by atoms with E-state index >= 15 is 0 Å². The van der Waals surface area contributed by atoms with Crippen molar-refractivity contribution in [1.29, 1.82) is 5.26 Å². The first-order chi connectivity index (χ1) is 12.7. The number of nitrogens with zero attached hydrogens (tertiary/aromatic N) is 3. The van der Waals surface area contributed by atoms with Gasteiger partial charge in [-0.15, -0.1) is 0 Å². The Labute approximate surface area is 152 Å². The van der Waals surface area contributed by atoms with Crippen LogP contribution in [0.15, 0.2) is 78.6 Å². The van der Waals surface area contributed by atoms with E-state index in [1.807, 2.05) is 72.9 Å². The molecule has 0 aliphatic rings. The number of rotatable bonds is 6. The van der Waals surface area contributed by atoms with Gasteiger partial charge in [-0.05, 0) is 17.2 Å². The zero-order valence-corrected chi connectivity index (χ0v) is 14.2. The Kier molecular flexibility index (Phi) is 5.58. The van der Waals surface area contributed by atoms with E-state index < -0.39 is 5.91 Å². The lowest BCUT2D eigenvalue weighted by Crippen LogP contribution is -2.23. The molecule has 0 aliphatic heterocycles. The molecule has 3 rings (SSSR count). The zero-order chi connectivity index (χ0) is 18.2. The summed E-state index contributed by atoms with van der Waals surface area (Å²) >= 11 is 0. The minimum Gasteiger partial charge on any atom is -0.347 e. The number of amides is 1. The number of carbonyl (C=O) groups is 1. The quantitative estimate of drug-likeness (QED) is 0.552. The van der Waals surface area contributed by atoms with Crippen LogP contribution < -0.4 is 5.32 Å². The van der Waals surface area contributed by atoms with Crippen molar-refractivity contribution < 1.29 is 4.79 Å². The molecule has 26 heavy (non-hydrogen) atoms. The molecule has 2 aromatic carbocycles. The van der Waals surface area contributed by atoms with Gasteiger partial charge in [-0.3, -0.25) is 9.48 Å². The predicted octanol–water partition coefficient (Wildman–Crippen LogP) is 3.15. The van der Waals surface area contributed by atoms with Gasteiger partial charge in [0.15, 0.2) is 0 Å². The third-order valence-corrected chi connectivity index (χ3v) is 3.81. The van der Waals surface area contributed by atoms with Gasteiger partial charge in [0.05, 0.1) is 12.7 Å². The largest absolute Gasteiger partial charge is 0.347 e. The Hall–Kier alpha value is -3.65. The van der Waals surface area contributed by atoms with Gasteiger partial charge in [-0.25, -0.2) is 0 Å².